The summed E-state index contributed by atoms with van der Waals surface area (Å²) >= 11 is 1.22. The fourth-order valence-electron chi connectivity index (χ4n) is 6.81. The van der Waals surface area contributed by atoms with Crippen LogP contribution in [0.15, 0.2) is 96.2 Å². The molecule has 3 N–H and O–H groups in total. The predicted molar refractivity (Wildman–Crippen MR) is 221 cm³/mol. The van der Waals surface area contributed by atoms with Crippen LogP contribution in [0.2, 0.25) is 0 Å². The topological polar surface area (TPSA) is 210 Å². The Balaban J connectivity index is 1.25. The second-order valence-corrected chi connectivity index (χ2v) is 16.3. The number of ether oxygens (including phenoxy) is 3. The van der Waals surface area contributed by atoms with Crippen LogP contribution in [0.25, 0.3) is 0 Å². The normalized spacial score (nSPS) is 18.1. The number of nitrogens with one attached hydrogen (secondary N) is 3. The molecule has 0 bridgehead atoms. The SMILES string of the molecule is CCN1CCN(C(=O)N[C@H](C(=O)N[C@@H]2C(=O)N3C(C(=O)OC(c4ccccc4)c4ccccc4)=C(COC(C)=O)CS[C@@H]23)c2ccc(NC(=O)OC(C)(C)C)cc2)C(=O)C1=O. The number of nitrogens with zero attached hydrogens (tertiary/aromatic N) is 3. The first-order chi connectivity index (χ1) is 29.1. The third-order valence-corrected chi connectivity index (χ3v) is 11.1. The molecule has 7 amide bonds. The van der Waals surface area contributed by atoms with Crippen LogP contribution in [0.3, 0.4) is 0 Å². The molecule has 0 spiro atoms. The summed E-state index contributed by atoms with van der Waals surface area (Å²) in [5.41, 5.74) is 1.29. The van der Waals surface area contributed by atoms with Crippen LogP contribution in [0.1, 0.15) is 63.5 Å². The van der Waals surface area contributed by atoms with Gasteiger partial charge in [0.2, 0.25) is 5.91 Å². The Bertz CT molecular complexity index is 2190. The Morgan fingerprint density at radius 2 is 1.46 bits per heavy atom. The molecular formula is C43H46N6O11S. The van der Waals surface area contributed by atoms with Gasteiger partial charge >= 0.3 is 35.9 Å². The van der Waals surface area contributed by atoms with Crippen molar-refractivity contribution in [3.8, 4) is 0 Å². The number of carbonyl (C=O) groups excluding carboxylic acids is 8. The number of benzene rings is 3. The molecule has 18 heteroatoms. The van der Waals surface area contributed by atoms with Gasteiger partial charge in [0.05, 0.1) is 0 Å². The van der Waals surface area contributed by atoms with Gasteiger partial charge in [-0.05, 0) is 56.5 Å². The average molecular weight is 855 g/mol. The summed E-state index contributed by atoms with van der Waals surface area (Å²) in [7, 11) is 0. The minimum absolute atomic E-state index is 0.0941. The minimum atomic E-state index is -1.51. The zero-order chi connectivity index (χ0) is 44.0. The fraction of sp³-hybridized carbons (Fsp3) is 0.349. The van der Waals surface area contributed by atoms with Crippen LogP contribution in [0.5, 0.6) is 0 Å². The number of amides is 7. The number of hydrogen-bond donors (Lipinski definition) is 3. The van der Waals surface area contributed by atoms with E-state index in [2.05, 4.69) is 16.0 Å². The third kappa shape index (κ3) is 10.2. The molecule has 3 aromatic carbocycles. The van der Waals surface area contributed by atoms with Gasteiger partial charge < -0.3 is 29.7 Å². The van der Waals surface area contributed by atoms with Crippen molar-refractivity contribution in [1.29, 1.82) is 0 Å². The van der Waals surface area contributed by atoms with E-state index >= 15 is 0 Å². The summed E-state index contributed by atoms with van der Waals surface area (Å²) in [4.78, 5) is 109. The number of anilines is 1. The number of hydrogen-bond acceptors (Lipinski definition) is 12. The number of β-lactam (4-membered cyclic amide) rings is 1. The van der Waals surface area contributed by atoms with Gasteiger partial charge in [-0.15, -0.1) is 11.8 Å². The Labute approximate surface area is 356 Å². The molecule has 3 heterocycles. The van der Waals surface area contributed by atoms with Crippen molar-refractivity contribution in [2.24, 2.45) is 0 Å². The monoisotopic (exact) mass is 854 g/mol. The summed E-state index contributed by atoms with van der Waals surface area (Å²) in [5.74, 6) is -4.78. The molecule has 2 saturated heterocycles. The third-order valence-electron chi connectivity index (χ3n) is 9.77. The Kier molecular flexibility index (Phi) is 13.5. The van der Waals surface area contributed by atoms with E-state index in [1.807, 2.05) is 12.1 Å². The highest BCUT2D eigenvalue weighted by Crippen LogP contribution is 2.42. The number of esters is 2. The lowest BCUT2D eigenvalue weighted by Gasteiger charge is -2.50. The lowest BCUT2D eigenvalue weighted by molar-refractivity contribution is -0.155. The quantitative estimate of drug-likeness (QED) is 0.102. The summed E-state index contributed by atoms with van der Waals surface area (Å²) in [6.07, 6.45) is -1.58. The van der Waals surface area contributed by atoms with Crippen LogP contribution in [-0.2, 0) is 43.0 Å². The number of imide groups is 1. The van der Waals surface area contributed by atoms with E-state index in [9.17, 15) is 38.4 Å². The molecule has 0 aromatic heterocycles. The second kappa shape index (κ2) is 18.7. The lowest BCUT2D eigenvalue weighted by atomic mass is 10.00. The smallest absolute Gasteiger partial charge is 0.412 e. The molecule has 61 heavy (non-hydrogen) atoms. The first-order valence-corrected chi connectivity index (χ1v) is 20.5. The van der Waals surface area contributed by atoms with E-state index in [4.69, 9.17) is 14.2 Å². The van der Waals surface area contributed by atoms with Gasteiger partial charge in [0, 0.05) is 43.6 Å². The summed E-state index contributed by atoms with van der Waals surface area (Å²) in [5, 5.41) is 7.02. The first-order valence-electron chi connectivity index (χ1n) is 19.5. The maximum atomic E-state index is 14.2. The van der Waals surface area contributed by atoms with Crippen molar-refractivity contribution in [3.63, 3.8) is 0 Å². The zero-order valence-corrected chi connectivity index (χ0v) is 35.0. The van der Waals surface area contributed by atoms with Crippen LogP contribution in [0.4, 0.5) is 15.3 Å². The molecule has 3 aliphatic rings. The molecule has 3 atom stereocenters. The van der Waals surface area contributed by atoms with Crippen molar-refractivity contribution in [2.75, 3.05) is 37.3 Å². The van der Waals surface area contributed by atoms with Crippen molar-refractivity contribution >= 4 is 65.1 Å². The Morgan fingerprint density at radius 3 is 2.03 bits per heavy atom. The highest BCUT2D eigenvalue weighted by molar-refractivity contribution is 8.00. The van der Waals surface area contributed by atoms with E-state index in [0.29, 0.717) is 27.3 Å². The summed E-state index contributed by atoms with van der Waals surface area (Å²) < 4.78 is 16.7. The number of carbonyl (C=O) groups is 8. The van der Waals surface area contributed by atoms with E-state index in [1.54, 1.807) is 76.2 Å². The van der Waals surface area contributed by atoms with Gasteiger partial charge in [-0.25, -0.2) is 14.4 Å². The van der Waals surface area contributed by atoms with Gasteiger partial charge in [-0.2, -0.15) is 0 Å². The fourth-order valence-corrected chi connectivity index (χ4v) is 8.13. The maximum absolute atomic E-state index is 14.2. The molecule has 0 aliphatic carbocycles. The number of fused-ring (bicyclic) bond motifs is 1. The van der Waals surface area contributed by atoms with Crippen molar-refractivity contribution < 1.29 is 52.6 Å². The standard InChI is InChI=1S/C43H46N6O11S/c1-6-47-21-22-48(38(54)37(47)53)41(56)46-31(26-17-19-30(20-18-26)44-42(57)60-43(3,4)5)35(51)45-32-36(52)49-33(29(23-58-25(2)50)24-61-39(32)49)40(55)59-34(27-13-9-7-10-14-27)28-15-11-8-12-16-28/h7-20,31-32,34,39H,6,21-24H2,1-5H3,(H,44,57)(H,45,51)(H,46,56)/t31-,32+,39-/m0/s1. The number of thioether (sulfide) groups is 1. The number of urea groups is 1. The molecule has 320 valence electrons. The molecule has 3 aliphatic heterocycles. The van der Waals surface area contributed by atoms with Crippen molar-refractivity contribution in [3.05, 3.63) is 113 Å². The highest BCUT2D eigenvalue weighted by atomic mass is 32.2. The first kappa shape index (κ1) is 43.9. The van der Waals surface area contributed by atoms with E-state index in [0.717, 1.165) is 0 Å². The molecule has 0 saturated carbocycles. The largest absolute Gasteiger partial charge is 0.461 e. The maximum Gasteiger partial charge on any atom is 0.412 e. The summed E-state index contributed by atoms with van der Waals surface area (Å²) in [6, 6.07) is 20.2. The highest BCUT2D eigenvalue weighted by Gasteiger charge is 2.55. The molecule has 3 aromatic rings. The number of likely N-dealkylation sites (N-methyl/N-ethyl adjacent to an activating group) is 1. The van der Waals surface area contributed by atoms with Crippen LogP contribution >= 0.6 is 11.8 Å². The molecule has 0 unspecified atom stereocenters. The second-order valence-electron chi connectivity index (χ2n) is 15.2. The average Bonchev–Trinajstić information content (AvgIpc) is 3.23. The Morgan fingerprint density at radius 1 is 0.836 bits per heavy atom. The van der Waals surface area contributed by atoms with Crippen molar-refractivity contribution in [1.82, 2.24) is 25.3 Å². The Hall–Kier alpha value is -6.69. The summed E-state index contributed by atoms with van der Waals surface area (Å²) in [6.45, 7) is 7.98. The molecule has 2 fully saturated rings. The minimum Gasteiger partial charge on any atom is -0.461 e. The molecule has 17 nitrogen and oxygen atoms in total. The lowest BCUT2D eigenvalue weighted by Crippen LogP contribution is -2.71. The molecular weight excluding hydrogens is 809 g/mol. The molecule has 6 rings (SSSR count). The van der Waals surface area contributed by atoms with Crippen LogP contribution in [0, 0.1) is 0 Å². The van der Waals surface area contributed by atoms with E-state index < -0.39 is 76.9 Å². The van der Waals surface area contributed by atoms with Crippen molar-refractivity contribution in [2.45, 2.75) is 63.8 Å². The predicted octanol–water partition coefficient (Wildman–Crippen LogP) is 4.02. The van der Waals surface area contributed by atoms with Gasteiger partial charge in [0.25, 0.3) is 5.91 Å². The zero-order valence-electron chi connectivity index (χ0n) is 34.2. The van der Waals surface area contributed by atoms with E-state index in [-0.39, 0.29) is 43.3 Å². The van der Waals surface area contributed by atoms with Gasteiger partial charge in [0.15, 0.2) is 6.10 Å². The number of piperazine rings is 1. The number of rotatable bonds is 12. The van der Waals surface area contributed by atoms with Gasteiger partial charge in [-0.3, -0.25) is 39.1 Å². The van der Waals surface area contributed by atoms with Gasteiger partial charge in [0.1, 0.15) is 35.4 Å². The van der Waals surface area contributed by atoms with Crippen LogP contribution < -0.4 is 16.0 Å². The van der Waals surface area contributed by atoms with Crippen LogP contribution in [-0.4, -0.2) is 111 Å². The van der Waals surface area contributed by atoms with E-state index in [1.165, 1.54) is 52.8 Å². The van der Waals surface area contributed by atoms with Gasteiger partial charge in [-0.1, -0.05) is 72.8 Å². The molecule has 0 radical (unpaired) electrons.